The largest absolute Gasteiger partial charge is 0.436 e. The van der Waals surface area contributed by atoms with Crippen molar-refractivity contribution < 1.29 is 4.42 Å². The van der Waals surface area contributed by atoms with Crippen LogP contribution in [0, 0.1) is 11.3 Å². The van der Waals surface area contributed by atoms with Gasteiger partial charge in [0.2, 0.25) is 5.89 Å². The third-order valence-corrected chi connectivity index (χ3v) is 2.82. The molecule has 0 bridgehead atoms. The molecule has 0 aliphatic carbocycles. The van der Waals surface area contributed by atoms with Crippen LogP contribution in [0.1, 0.15) is 5.56 Å². The minimum atomic E-state index is 0.502. The van der Waals surface area contributed by atoms with Crippen LogP contribution in [0.2, 0.25) is 5.02 Å². The van der Waals surface area contributed by atoms with E-state index in [9.17, 15) is 0 Å². The van der Waals surface area contributed by atoms with E-state index >= 15 is 0 Å². The lowest BCUT2D eigenvalue weighted by Gasteiger charge is -1.94. The first-order valence-electron chi connectivity index (χ1n) is 5.33. The van der Waals surface area contributed by atoms with E-state index in [2.05, 4.69) is 11.1 Å². The fraction of sp³-hybridized carbons (Fsp3) is 0. The average molecular weight is 255 g/mol. The van der Waals surface area contributed by atoms with Gasteiger partial charge < -0.3 is 4.42 Å². The molecule has 0 spiro atoms. The van der Waals surface area contributed by atoms with Gasteiger partial charge in [-0.3, -0.25) is 0 Å². The first-order chi connectivity index (χ1) is 8.76. The highest BCUT2D eigenvalue weighted by atomic mass is 35.5. The van der Waals surface area contributed by atoms with Crippen LogP contribution in [0.4, 0.5) is 0 Å². The van der Waals surface area contributed by atoms with Crippen LogP contribution in [0.5, 0.6) is 0 Å². The zero-order chi connectivity index (χ0) is 12.5. The second kappa shape index (κ2) is 4.17. The third kappa shape index (κ3) is 1.83. The molecule has 0 radical (unpaired) electrons. The van der Waals surface area contributed by atoms with Gasteiger partial charge in [0.1, 0.15) is 5.52 Å². The maximum absolute atomic E-state index is 8.83. The van der Waals surface area contributed by atoms with E-state index < -0.39 is 0 Å². The fourth-order valence-corrected chi connectivity index (χ4v) is 1.93. The molecule has 0 unspecified atom stereocenters. The van der Waals surface area contributed by atoms with Crippen LogP contribution < -0.4 is 0 Å². The molecule has 18 heavy (non-hydrogen) atoms. The van der Waals surface area contributed by atoms with Gasteiger partial charge in [0.15, 0.2) is 5.58 Å². The lowest BCUT2D eigenvalue weighted by atomic mass is 10.2. The van der Waals surface area contributed by atoms with Crippen molar-refractivity contribution >= 4 is 22.7 Å². The minimum absolute atomic E-state index is 0.502. The molecular weight excluding hydrogens is 248 g/mol. The van der Waals surface area contributed by atoms with Crippen molar-refractivity contribution in [2.75, 3.05) is 0 Å². The summed E-state index contributed by atoms with van der Waals surface area (Å²) in [5, 5.41) is 9.46. The number of hydrogen-bond acceptors (Lipinski definition) is 3. The zero-order valence-electron chi connectivity index (χ0n) is 9.22. The SMILES string of the molecule is N#Cc1ccc2oc(-c3cccc(Cl)c3)nc2c1. The molecule has 0 atom stereocenters. The van der Waals surface area contributed by atoms with Crippen molar-refractivity contribution in [3.63, 3.8) is 0 Å². The highest BCUT2D eigenvalue weighted by Crippen LogP contribution is 2.26. The average Bonchev–Trinajstić information content (AvgIpc) is 2.81. The summed E-state index contributed by atoms with van der Waals surface area (Å²) in [7, 11) is 0. The van der Waals surface area contributed by atoms with Gasteiger partial charge in [0.25, 0.3) is 0 Å². The standard InChI is InChI=1S/C14H7ClN2O/c15-11-3-1-2-10(7-11)14-17-12-6-9(8-16)4-5-13(12)18-14/h1-7H. The van der Waals surface area contributed by atoms with Crippen molar-refractivity contribution in [2.24, 2.45) is 0 Å². The van der Waals surface area contributed by atoms with Crippen LogP contribution in [-0.4, -0.2) is 4.98 Å². The van der Waals surface area contributed by atoms with E-state index in [1.807, 2.05) is 12.1 Å². The molecule has 1 aromatic heterocycles. The van der Waals surface area contributed by atoms with Crippen molar-refractivity contribution in [3.8, 4) is 17.5 Å². The molecule has 0 aliphatic heterocycles. The summed E-state index contributed by atoms with van der Waals surface area (Å²) in [6, 6.07) is 14.5. The quantitative estimate of drug-likeness (QED) is 0.659. The number of nitriles is 1. The number of hydrogen-bond donors (Lipinski definition) is 0. The van der Waals surface area contributed by atoms with E-state index in [1.54, 1.807) is 30.3 Å². The smallest absolute Gasteiger partial charge is 0.227 e. The first-order valence-corrected chi connectivity index (χ1v) is 5.71. The molecule has 3 aromatic rings. The van der Waals surface area contributed by atoms with E-state index in [0.717, 1.165) is 5.56 Å². The monoisotopic (exact) mass is 254 g/mol. The molecule has 0 amide bonds. The van der Waals surface area contributed by atoms with Crippen molar-refractivity contribution in [1.29, 1.82) is 5.26 Å². The molecule has 0 N–H and O–H groups in total. The molecule has 3 rings (SSSR count). The maximum atomic E-state index is 8.83. The number of aromatic nitrogens is 1. The predicted molar refractivity (Wildman–Crippen MR) is 69.2 cm³/mol. The van der Waals surface area contributed by atoms with E-state index in [1.165, 1.54) is 0 Å². The fourth-order valence-electron chi connectivity index (χ4n) is 1.74. The van der Waals surface area contributed by atoms with Gasteiger partial charge in [0.05, 0.1) is 11.6 Å². The number of benzene rings is 2. The normalized spacial score (nSPS) is 10.4. The molecule has 4 heteroatoms. The second-order valence-electron chi connectivity index (χ2n) is 3.82. The summed E-state index contributed by atoms with van der Waals surface area (Å²) in [6.07, 6.45) is 0. The Labute approximate surface area is 108 Å². The van der Waals surface area contributed by atoms with Gasteiger partial charge in [-0.05, 0) is 36.4 Å². The Kier molecular flexibility index (Phi) is 2.51. The summed E-state index contributed by atoms with van der Waals surface area (Å²) in [4.78, 5) is 4.36. The number of halogens is 1. The number of fused-ring (bicyclic) bond motifs is 1. The lowest BCUT2D eigenvalue weighted by Crippen LogP contribution is -1.76. The second-order valence-corrected chi connectivity index (χ2v) is 4.26. The van der Waals surface area contributed by atoms with Crippen LogP contribution in [-0.2, 0) is 0 Å². The maximum Gasteiger partial charge on any atom is 0.227 e. The summed E-state index contributed by atoms with van der Waals surface area (Å²) in [6.45, 7) is 0. The molecule has 0 fully saturated rings. The number of oxazole rings is 1. The Morgan fingerprint density at radius 3 is 2.83 bits per heavy atom. The van der Waals surface area contributed by atoms with Crippen LogP contribution >= 0.6 is 11.6 Å². The molecule has 3 nitrogen and oxygen atoms in total. The van der Waals surface area contributed by atoms with E-state index in [4.69, 9.17) is 21.3 Å². The number of rotatable bonds is 1. The molecule has 1 heterocycles. The summed E-state index contributed by atoms with van der Waals surface area (Å²) in [5.41, 5.74) is 2.71. The van der Waals surface area contributed by atoms with Crippen LogP contribution in [0.25, 0.3) is 22.6 Å². The van der Waals surface area contributed by atoms with E-state index in [-0.39, 0.29) is 0 Å². The Morgan fingerprint density at radius 1 is 1.17 bits per heavy atom. The zero-order valence-corrected chi connectivity index (χ0v) is 9.98. The summed E-state index contributed by atoms with van der Waals surface area (Å²) < 4.78 is 5.63. The molecule has 86 valence electrons. The topological polar surface area (TPSA) is 49.8 Å². The Morgan fingerprint density at radius 2 is 2.06 bits per heavy atom. The molecule has 0 saturated carbocycles. The molecule has 2 aromatic carbocycles. The Hall–Kier alpha value is -2.31. The predicted octanol–water partition coefficient (Wildman–Crippen LogP) is 4.02. The summed E-state index contributed by atoms with van der Waals surface area (Å²) >= 11 is 5.93. The van der Waals surface area contributed by atoms with Gasteiger partial charge in [0, 0.05) is 10.6 Å². The Bertz CT molecular complexity index is 771. The third-order valence-electron chi connectivity index (χ3n) is 2.59. The Balaban J connectivity index is 2.17. The van der Waals surface area contributed by atoms with Gasteiger partial charge in [-0.15, -0.1) is 0 Å². The van der Waals surface area contributed by atoms with Gasteiger partial charge in [-0.1, -0.05) is 17.7 Å². The van der Waals surface area contributed by atoms with Gasteiger partial charge in [-0.2, -0.15) is 5.26 Å². The van der Waals surface area contributed by atoms with Crippen LogP contribution in [0.15, 0.2) is 46.9 Å². The minimum Gasteiger partial charge on any atom is -0.436 e. The van der Waals surface area contributed by atoms with Gasteiger partial charge >= 0.3 is 0 Å². The van der Waals surface area contributed by atoms with Crippen LogP contribution in [0.3, 0.4) is 0 Å². The van der Waals surface area contributed by atoms with Gasteiger partial charge in [-0.25, -0.2) is 4.98 Å². The first kappa shape index (κ1) is 10.8. The molecular formula is C14H7ClN2O. The highest BCUT2D eigenvalue weighted by Gasteiger charge is 2.08. The summed E-state index contributed by atoms with van der Waals surface area (Å²) in [5.74, 6) is 0.502. The molecule has 0 aliphatic rings. The van der Waals surface area contributed by atoms with Crippen molar-refractivity contribution in [1.82, 2.24) is 4.98 Å². The van der Waals surface area contributed by atoms with Crippen molar-refractivity contribution in [3.05, 3.63) is 53.1 Å². The highest BCUT2D eigenvalue weighted by molar-refractivity contribution is 6.30. The number of nitrogens with zero attached hydrogens (tertiary/aromatic N) is 2. The van der Waals surface area contributed by atoms with Crippen molar-refractivity contribution in [2.45, 2.75) is 0 Å². The van der Waals surface area contributed by atoms with E-state index in [0.29, 0.717) is 27.6 Å². The molecule has 0 saturated heterocycles. The lowest BCUT2D eigenvalue weighted by molar-refractivity contribution is 0.620.